The zero-order valence-electron chi connectivity index (χ0n) is 20.4. The van der Waals surface area contributed by atoms with E-state index in [2.05, 4.69) is 18.6 Å². The van der Waals surface area contributed by atoms with Gasteiger partial charge >= 0.3 is 5.97 Å². The molecule has 1 unspecified atom stereocenters. The van der Waals surface area contributed by atoms with Gasteiger partial charge in [-0.15, -0.1) is 0 Å². The highest BCUT2D eigenvalue weighted by molar-refractivity contribution is 7.98. The van der Waals surface area contributed by atoms with Gasteiger partial charge in [-0.3, -0.25) is 9.52 Å². The van der Waals surface area contributed by atoms with Crippen molar-refractivity contribution < 1.29 is 28.9 Å². The molecule has 1 amide bonds. The molecule has 3 aromatic rings. The van der Waals surface area contributed by atoms with Gasteiger partial charge in [-0.25, -0.2) is 4.79 Å². The zero-order chi connectivity index (χ0) is 25.7. The van der Waals surface area contributed by atoms with Crippen LogP contribution in [0.3, 0.4) is 0 Å². The molecule has 1 aliphatic rings. The molecule has 1 aliphatic heterocycles. The number of ether oxygens (including phenoxy) is 3. The minimum absolute atomic E-state index is 0.121. The lowest BCUT2D eigenvalue weighted by molar-refractivity contribution is -0.126. The molecule has 188 valence electrons. The number of carboxylic acid groups (broad SMARTS) is 1. The van der Waals surface area contributed by atoms with Crippen molar-refractivity contribution in [2.24, 2.45) is 0 Å². The molecule has 0 fully saturated rings. The summed E-state index contributed by atoms with van der Waals surface area (Å²) in [5.74, 6) is 0.675. The number of aromatic carboxylic acids is 1. The lowest BCUT2D eigenvalue weighted by Gasteiger charge is -2.21. The maximum Gasteiger partial charge on any atom is 0.335 e. The van der Waals surface area contributed by atoms with E-state index >= 15 is 0 Å². The number of benzene rings is 3. The molecule has 0 spiro atoms. The van der Waals surface area contributed by atoms with Crippen molar-refractivity contribution in [2.75, 3.05) is 6.79 Å². The molecule has 7 nitrogen and oxygen atoms in total. The van der Waals surface area contributed by atoms with E-state index in [1.165, 1.54) is 23.6 Å². The van der Waals surface area contributed by atoms with Gasteiger partial charge in [0.15, 0.2) is 11.5 Å². The zero-order valence-corrected chi connectivity index (χ0v) is 21.3. The second-order valence-corrected chi connectivity index (χ2v) is 9.66. The maximum absolute atomic E-state index is 13.4. The van der Waals surface area contributed by atoms with Crippen LogP contribution in [-0.2, 0) is 11.2 Å². The van der Waals surface area contributed by atoms with Gasteiger partial charge in [-0.05, 0) is 77.9 Å². The van der Waals surface area contributed by atoms with Crippen LogP contribution < -0.4 is 18.9 Å². The average molecular weight is 508 g/mol. The third-order valence-electron chi connectivity index (χ3n) is 5.83. The van der Waals surface area contributed by atoms with Crippen molar-refractivity contribution in [1.29, 1.82) is 0 Å². The second-order valence-electron chi connectivity index (χ2n) is 8.78. The van der Waals surface area contributed by atoms with Crippen LogP contribution in [0, 0.1) is 0 Å². The Kier molecular flexibility index (Phi) is 8.05. The predicted molar refractivity (Wildman–Crippen MR) is 138 cm³/mol. The summed E-state index contributed by atoms with van der Waals surface area (Å²) in [6, 6.07) is 18.0. The summed E-state index contributed by atoms with van der Waals surface area (Å²) >= 11 is 1.22. The predicted octanol–water partition coefficient (Wildman–Crippen LogP) is 6.13. The minimum atomic E-state index is -1.01. The lowest BCUT2D eigenvalue weighted by atomic mass is 10.0. The number of hydrogen-bond donors (Lipinski definition) is 2. The van der Waals surface area contributed by atoms with Gasteiger partial charge in [0.25, 0.3) is 5.91 Å². The Hall–Kier alpha value is -3.65. The third-order valence-corrected chi connectivity index (χ3v) is 6.64. The summed E-state index contributed by atoms with van der Waals surface area (Å²) in [6.45, 7) is 6.39. The van der Waals surface area contributed by atoms with Crippen molar-refractivity contribution in [3.05, 3.63) is 82.9 Å². The first-order valence-electron chi connectivity index (χ1n) is 11.8. The van der Waals surface area contributed by atoms with Gasteiger partial charge in [-0.2, -0.15) is 0 Å². The summed E-state index contributed by atoms with van der Waals surface area (Å²) in [7, 11) is 0. The number of aryl methyl sites for hydroxylation is 1. The van der Waals surface area contributed by atoms with Gasteiger partial charge in [-0.1, -0.05) is 45.4 Å². The van der Waals surface area contributed by atoms with Crippen LogP contribution in [0.5, 0.6) is 17.2 Å². The van der Waals surface area contributed by atoms with Gasteiger partial charge in [0.05, 0.1) is 5.56 Å². The summed E-state index contributed by atoms with van der Waals surface area (Å²) in [5.41, 5.74) is 2.72. The van der Waals surface area contributed by atoms with Crippen LogP contribution >= 0.6 is 11.9 Å². The van der Waals surface area contributed by atoms with Crippen LogP contribution in [-0.4, -0.2) is 23.8 Å². The lowest BCUT2D eigenvalue weighted by Crippen LogP contribution is -2.28. The van der Waals surface area contributed by atoms with Crippen molar-refractivity contribution in [1.82, 2.24) is 4.72 Å². The van der Waals surface area contributed by atoms with Gasteiger partial charge in [0.2, 0.25) is 12.9 Å². The van der Waals surface area contributed by atoms with E-state index in [1.54, 1.807) is 30.3 Å². The normalized spacial score (nSPS) is 12.9. The number of carbonyl (C=O) groups excluding carboxylic acids is 1. The Balaban J connectivity index is 1.60. The summed E-state index contributed by atoms with van der Waals surface area (Å²) in [6.07, 6.45) is 0.416. The van der Waals surface area contributed by atoms with E-state index in [0.29, 0.717) is 35.2 Å². The van der Waals surface area contributed by atoms with E-state index in [0.717, 1.165) is 16.9 Å². The molecule has 1 atom stereocenters. The summed E-state index contributed by atoms with van der Waals surface area (Å²) in [5, 5.41) is 9.40. The van der Waals surface area contributed by atoms with Crippen molar-refractivity contribution in [3.8, 4) is 17.2 Å². The molecule has 3 aromatic carbocycles. The monoisotopic (exact) mass is 507 g/mol. The van der Waals surface area contributed by atoms with Gasteiger partial charge < -0.3 is 19.3 Å². The first-order valence-corrected chi connectivity index (χ1v) is 12.7. The average Bonchev–Trinajstić information content (AvgIpc) is 3.35. The van der Waals surface area contributed by atoms with Crippen molar-refractivity contribution >= 4 is 23.8 Å². The quantitative estimate of drug-likeness (QED) is 0.319. The molecule has 36 heavy (non-hydrogen) atoms. The fourth-order valence-electron chi connectivity index (χ4n) is 3.85. The maximum atomic E-state index is 13.4. The Morgan fingerprint density at radius 2 is 1.72 bits per heavy atom. The topological polar surface area (TPSA) is 94.1 Å². The van der Waals surface area contributed by atoms with Crippen LogP contribution in [0.25, 0.3) is 0 Å². The second kappa shape index (κ2) is 11.4. The van der Waals surface area contributed by atoms with E-state index in [1.807, 2.05) is 31.2 Å². The number of carbonyl (C=O) groups is 2. The van der Waals surface area contributed by atoms with Crippen LogP contribution in [0.15, 0.2) is 65.6 Å². The van der Waals surface area contributed by atoms with E-state index in [-0.39, 0.29) is 18.3 Å². The summed E-state index contributed by atoms with van der Waals surface area (Å²) < 4.78 is 20.1. The van der Waals surface area contributed by atoms with Gasteiger partial charge in [0, 0.05) is 10.5 Å². The minimum Gasteiger partial charge on any atom is -0.478 e. The molecule has 0 saturated carbocycles. The molecule has 0 aromatic heterocycles. The largest absolute Gasteiger partial charge is 0.478 e. The van der Waals surface area contributed by atoms with Crippen LogP contribution in [0.1, 0.15) is 66.3 Å². The Morgan fingerprint density at radius 1 is 1.00 bits per heavy atom. The smallest absolute Gasteiger partial charge is 0.335 e. The van der Waals surface area contributed by atoms with E-state index in [4.69, 9.17) is 14.2 Å². The molecule has 0 radical (unpaired) electrons. The van der Waals surface area contributed by atoms with E-state index < -0.39 is 12.1 Å². The highest BCUT2D eigenvalue weighted by Gasteiger charge is 2.27. The molecule has 0 aliphatic carbocycles. The Labute approximate surface area is 214 Å². The van der Waals surface area contributed by atoms with Gasteiger partial charge in [0.1, 0.15) is 5.75 Å². The van der Waals surface area contributed by atoms with Crippen molar-refractivity contribution in [2.45, 2.75) is 50.5 Å². The molecule has 0 saturated heterocycles. The number of carboxylic acids is 1. The molecule has 4 rings (SSSR count). The van der Waals surface area contributed by atoms with Crippen molar-refractivity contribution in [3.63, 3.8) is 0 Å². The molecular formula is C28H29NO6S. The first kappa shape index (κ1) is 25.4. The number of rotatable bonds is 10. The standard InChI is InChI=1S/C28H29NO6S/c1-4-5-19-14-21(28(31)32)9-12-23(19)35-26(20-8-13-24-25(15-20)34-16-33-24)27(30)29-36-22-10-6-18(7-11-22)17(2)3/h6-15,17,26H,4-5,16H2,1-3H3,(H,29,30)(H,31,32). The number of nitrogens with one attached hydrogen (secondary N) is 1. The van der Waals surface area contributed by atoms with Crippen LogP contribution in [0.4, 0.5) is 0 Å². The molecule has 2 N–H and O–H groups in total. The number of hydrogen-bond acceptors (Lipinski definition) is 6. The highest BCUT2D eigenvalue weighted by Crippen LogP contribution is 2.36. The Bertz CT molecular complexity index is 1240. The molecule has 0 bridgehead atoms. The molecular weight excluding hydrogens is 478 g/mol. The van der Waals surface area contributed by atoms with Crippen LogP contribution in [0.2, 0.25) is 0 Å². The first-order chi connectivity index (χ1) is 17.4. The fourth-order valence-corrected chi connectivity index (χ4v) is 4.45. The highest BCUT2D eigenvalue weighted by atomic mass is 32.2. The molecule has 1 heterocycles. The number of amides is 1. The third kappa shape index (κ3) is 5.94. The fraction of sp³-hybridized carbons (Fsp3) is 0.286. The SMILES string of the molecule is CCCc1cc(C(=O)O)ccc1OC(C(=O)NSc1ccc(C(C)C)cc1)c1ccc2c(c1)OCO2. The number of fused-ring (bicyclic) bond motifs is 1. The Morgan fingerprint density at radius 3 is 2.42 bits per heavy atom. The van der Waals surface area contributed by atoms with E-state index in [9.17, 15) is 14.7 Å². The molecule has 8 heteroatoms. The summed E-state index contributed by atoms with van der Waals surface area (Å²) in [4.78, 5) is 25.8.